The zero-order valence-electron chi connectivity index (χ0n) is 24.1. The summed E-state index contributed by atoms with van der Waals surface area (Å²) in [5.74, 6) is -0.942. The number of esters is 1. The van der Waals surface area contributed by atoms with Gasteiger partial charge in [0, 0.05) is 40.8 Å². The van der Waals surface area contributed by atoms with Crippen LogP contribution in [0.1, 0.15) is 42.1 Å². The summed E-state index contributed by atoms with van der Waals surface area (Å²) in [6.45, 7) is 5.60. The van der Waals surface area contributed by atoms with Gasteiger partial charge in [-0.05, 0) is 56.2 Å². The van der Waals surface area contributed by atoms with E-state index < -0.39 is 16.9 Å². The number of hydrogen-bond acceptors (Lipinski definition) is 7. The van der Waals surface area contributed by atoms with Crippen molar-refractivity contribution in [3.8, 4) is 0 Å². The van der Waals surface area contributed by atoms with Gasteiger partial charge in [-0.2, -0.15) is 0 Å². The molecule has 0 bridgehead atoms. The monoisotopic (exact) mass is 610 g/mol. The number of aryl methyl sites for hydroxylation is 1. The number of allylic oxidation sites excluding steroid dienone is 1. The molecule has 11 heteroatoms. The summed E-state index contributed by atoms with van der Waals surface area (Å²) >= 11 is 1.18. The summed E-state index contributed by atoms with van der Waals surface area (Å²) in [4.78, 5) is 43.6. The first-order chi connectivity index (χ1) is 21.2. The number of thiazole rings is 1. The molecule has 0 radical (unpaired) electrons. The van der Waals surface area contributed by atoms with Crippen molar-refractivity contribution in [2.75, 3.05) is 6.61 Å². The Morgan fingerprint density at radius 3 is 2.61 bits per heavy atom. The second kappa shape index (κ2) is 11.5. The van der Waals surface area contributed by atoms with Crippen molar-refractivity contribution in [1.29, 1.82) is 0 Å². The predicted molar refractivity (Wildman–Crippen MR) is 166 cm³/mol. The Morgan fingerprint density at radius 2 is 1.89 bits per heavy atom. The Morgan fingerprint density at radius 1 is 1.14 bits per heavy atom. The van der Waals surface area contributed by atoms with Gasteiger partial charge in [-0.25, -0.2) is 14.2 Å². The lowest BCUT2D eigenvalue weighted by Gasteiger charge is -2.24. The van der Waals surface area contributed by atoms with E-state index in [-0.39, 0.29) is 29.2 Å². The molecular weight excluding hydrogens is 583 g/mol. The number of halogens is 1. The fourth-order valence-corrected chi connectivity index (χ4v) is 6.59. The molecule has 1 aliphatic heterocycles. The van der Waals surface area contributed by atoms with E-state index in [1.54, 1.807) is 51.1 Å². The number of ether oxygens (including phenoxy) is 1. The Labute approximate surface area is 254 Å². The summed E-state index contributed by atoms with van der Waals surface area (Å²) in [5, 5.41) is 12.7. The number of para-hydroxylation sites is 1. The van der Waals surface area contributed by atoms with E-state index in [2.05, 4.69) is 4.99 Å². The molecule has 0 saturated heterocycles. The minimum absolute atomic E-state index is 0.114. The van der Waals surface area contributed by atoms with E-state index >= 15 is 0 Å². The zero-order chi connectivity index (χ0) is 31.1. The number of carbonyl (C=O) groups is 1. The molecule has 0 aliphatic carbocycles. The third-order valence-corrected chi connectivity index (χ3v) is 8.62. The lowest BCUT2D eigenvalue weighted by atomic mass is 9.94. The number of fused-ring (bicyclic) bond motifs is 2. The molecule has 6 rings (SSSR count). The Kier molecular flexibility index (Phi) is 7.56. The van der Waals surface area contributed by atoms with Crippen molar-refractivity contribution in [1.82, 2.24) is 9.13 Å². The topological polar surface area (TPSA) is 109 Å². The highest BCUT2D eigenvalue weighted by Crippen LogP contribution is 2.33. The third kappa shape index (κ3) is 5.15. The molecule has 44 heavy (non-hydrogen) atoms. The second-order valence-electron chi connectivity index (χ2n) is 10.5. The van der Waals surface area contributed by atoms with Crippen LogP contribution in [0.25, 0.3) is 17.0 Å². The minimum atomic E-state index is -0.966. The minimum Gasteiger partial charge on any atom is -0.463 e. The third-order valence-electron chi connectivity index (χ3n) is 7.63. The Bertz CT molecular complexity index is 2180. The molecule has 0 saturated carbocycles. The van der Waals surface area contributed by atoms with Crippen LogP contribution in [-0.2, 0) is 16.1 Å². The lowest BCUT2D eigenvalue weighted by molar-refractivity contribution is -0.385. The van der Waals surface area contributed by atoms with Gasteiger partial charge in [-0.1, -0.05) is 53.8 Å². The van der Waals surface area contributed by atoms with E-state index in [0.29, 0.717) is 32.7 Å². The molecule has 1 atom stereocenters. The number of nitro groups is 1. The van der Waals surface area contributed by atoms with Gasteiger partial charge in [0.2, 0.25) is 0 Å². The molecule has 222 valence electrons. The molecule has 0 spiro atoms. The number of nitro benzene ring substituents is 1. The molecule has 0 unspecified atom stereocenters. The van der Waals surface area contributed by atoms with E-state index in [0.717, 1.165) is 22.0 Å². The molecule has 3 heterocycles. The average Bonchev–Trinajstić information content (AvgIpc) is 3.50. The van der Waals surface area contributed by atoms with Gasteiger partial charge in [-0.3, -0.25) is 19.5 Å². The van der Waals surface area contributed by atoms with Gasteiger partial charge in [0.15, 0.2) is 4.80 Å². The first kappa shape index (κ1) is 28.9. The van der Waals surface area contributed by atoms with Crippen LogP contribution in [0.3, 0.4) is 0 Å². The smallest absolute Gasteiger partial charge is 0.338 e. The van der Waals surface area contributed by atoms with Crippen molar-refractivity contribution < 1.29 is 18.8 Å². The number of nitrogens with zero attached hydrogens (tertiary/aromatic N) is 4. The SMILES string of the molecule is CCOC(=O)C1=C(C)N=c2s/c(=C/c3cn(Cc4ccc(F)cc4)c4ccccc34)c(=O)n2[C@H]1c1ccc(C)c([N+](=O)[O-])c1. The van der Waals surface area contributed by atoms with Crippen LogP contribution in [-0.4, -0.2) is 26.6 Å². The van der Waals surface area contributed by atoms with Gasteiger partial charge in [-0.15, -0.1) is 0 Å². The van der Waals surface area contributed by atoms with Crippen LogP contribution >= 0.6 is 11.3 Å². The van der Waals surface area contributed by atoms with Crippen LogP contribution in [0.2, 0.25) is 0 Å². The normalized spacial score (nSPS) is 14.9. The zero-order valence-corrected chi connectivity index (χ0v) is 24.9. The van der Waals surface area contributed by atoms with Crippen LogP contribution < -0.4 is 14.9 Å². The van der Waals surface area contributed by atoms with Crippen LogP contribution in [0, 0.1) is 22.9 Å². The summed E-state index contributed by atoms with van der Waals surface area (Å²) < 4.78 is 22.7. The number of aromatic nitrogens is 2. The van der Waals surface area contributed by atoms with Crippen LogP contribution in [0.5, 0.6) is 0 Å². The standard InChI is InChI=1S/C33H27FN4O5S/c1-4-43-32(40)29-20(3)35-33-37(30(29)22-12-9-19(2)27(15-22)38(41)42)31(39)28(44-33)16-23-18-36(26-8-6-5-7-25(23)26)17-21-10-13-24(34)14-11-21/h5-16,18,30H,4,17H2,1-3H3/b28-16+/t30-/m0/s1. The van der Waals surface area contributed by atoms with Crippen molar-refractivity contribution >= 4 is 40.0 Å². The van der Waals surface area contributed by atoms with E-state index in [1.807, 2.05) is 35.0 Å². The number of hydrogen-bond donors (Lipinski definition) is 0. The quantitative estimate of drug-likeness (QED) is 0.144. The average molecular weight is 611 g/mol. The Hall–Kier alpha value is -5.16. The summed E-state index contributed by atoms with van der Waals surface area (Å²) in [5.41, 5.74) is 3.57. The molecule has 0 fully saturated rings. The van der Waals surface area contributed by atoms with Crippen molar-refractivity contribution in [3.05, 3.63) is 142 Å². The molecule has 9 nitrogen and oxygen atoms in total. The molecule has 3 aromatic carbocycles. The van der Waals surface area contributed by atoms with Gasteiger partial charge < -0.3 is 9.30 Å². The van der Waals surface area contributed by atoms with Crippen molar-refractivity contribution in [3.63, 3.8) is 0 Å². The van der Waals surface area contributed by atoms with E-state index in [9.17, 15) is 24.1 Å². The highest BCUT2D eigenvalue weighted by atomic mass is 32.1. The van der Waals surface area contributed by atoms with Crippen molar-refractivity contribution in [2.45, 2.75) is 33.4 Å². The maximum atomic E-state index is 14.1. The first-order valence-electron chi connectivity index (χ1n) is 13.9. The van der Waals surface area contributed by atoms with Gasteiger partial charge >= 0.3 is 5.97 Å². The molecule has 2 aromatic heterocycles. The van der Waals surface area contributed by atoms with Crippen LogP contribution in [0.15, 0.2) is 94.0 Å². The maximum absolute atomic E-state index is 14.1. The van der Waals surface area contributed by atoms with Gasteiger partial charge in [0.1, 0.15) is 5.82 Å². The summed E-state index contributed by atoms with van der Waals surface area (Å²) in [6.07, 6.45) is 3.74. The number of benzene rings is 3. The fraction of sp³-hybridized carbons (Fsp3) is 0.182. The molecule has 5 aromatic rings. The molecule has 1 aliphatic rings. The molecule has 0 N–H and O–H groups in total. The largest absolute Gasteiger partial charge is 0.463 e. The van der Waals surface area contributed by atoms with Crippen molar-refractivity contribution in [2.24, 2.45) is 4.99 Å². The van der Waals surface area contributed by atoms with Gasteiger partial charge in [0.05, 0.1) is 33.4 Å². The summed E-state index contributed by atoms with van der Waals surface area (Å²) in [7, 11) is 0. The highest BCUT2D eigenvalue weighted by Gasteiger charge is 2.34. The molecular formula is C33H27FN4O5S. The Balaban J connectivity index is 1.53. The fourth-order valence-electron chi connectivity index (χ4n) is 5.55. The number of carbonyl (C=O) groups excluding carboxylic acids is 1. The van der Waals surface area contributed by atoms with Gasteiger partial charge in [0.25, 0.3) is 11.2 Å². The van der Waals surface area contributed by atoms with E-state index in [4.69, 9.17) is 4.74 Å². The number of rotatable bonds is 7. The highest BCUT2D eigenvalue weighted by molar-refractivity contribution is 7.07. The predicted octanol–water partition coefficient (Wildman–Crippen LogP) is 5.16. The first-order valence-corrected chi connectivity index (χ1v) is 14.7. The lowest BCUT2D eigenvalue weighted by Crippen LogP contribution is -2.40. The summed E-state index contributed by atoms with van der Waals surface area (Å²) in [6, 6.07) is 17.9. The second-order valence-corrected chi connectivity index (χ2v) is 11.5. The van der Waals surface area contributed by atoms with E-state index in [1.165, 1.54) is 34.1 Å². The maximum Gasteiger partial charge on any atom is 0.338 e. The molecule has 0 amide bonds. The van der Waals surface area contributed by atoms with Crippen LogP contribution in [0.4, 0.5) is 10.1 Å².